The zero-order valence-electron chi connectivity index (χ0n) is 20.2. The van der Waals surface area contributed by atoms with Gasteiger partial charge in [0.25, 0.3) is 6.47 Å². The molecular formula is C25H32N4O4S2. The Morgan fingerprint density at radius 3 is 2.46 bits per heavy atom. The Morgan fingerprint density at radius 2 is 1.89 bits per heavy atom. The van der Waals surface area contributed by atoms with Crippen molar-refractivity contribution in [1.29, 1.82) is 0 Å². The number of thiazole rings is 1. The van der Waals surface area contributed by atoms with Crippen LogP contribution in [0.15, 0.2) is 58.5 Å². The smallest absolute Gasteiger partial charge is 0.290 e. The zero-order chi connectivity index (χ0) is 25.4. The van der Waals surface area contributed by atoms with Gasteiger partial charge in [0, 0.05) is 37.6 Å². The van der Waals surface area contributed by atoms with Gasteiger partial charge in [0.1, 0.15) is 0 Å². The van der Waals surface area contributed by atoms with Gasteiger partial charge >= 0.3 is 0 Å². The van der Waals surface area contributed by atoms with Crippen LogP contribution in [0.4, 0.5) is 5.69 Å². The van der Waals surface area contributed by atoms with E-state index in [4.69, 9.17) is 9.90 Å². The number of carbonyl (C=O) groups is 1. The number of anilines is 1. The highest BCUT2D eigenvalue weighted by Crippen LogP contribution is 2.29. The summed E-state index contributed by atoms with van der Waals surface area (Å²) in [5, 5.41) is 8.77. The molecule has 4 rings (SSSR count). The van der Waals surface area contributed by atoms with E-state index in [1.165, 1.54) is 16.9 Å². The van der Waals surface area contributed by atoms with Crippen molar-refractivity contribution in [2.45, 2.75) is 49.6 Å². The summed E-state index contributed by atoms with van der Waals surface area (Å²) in [7, 11) is -1.42. The van der Waals surface area contributed by atoms with E-state index in [2.05, 4.69) is 64.1 Å². The molecule has 2 aromatic heterocycles. The maximum absolute atomic E-state index is 12.7. The number of sulfone groups is 1. The van der Waals surface area contributed by atoms with Gasteiger partial charge in [-0.15, -0.1) is 11.3 Å². The minimum atomic E-state index is -3.51. The Morgan fingerprint density at radius 1 is 1.23 bits per heavy atom. The molecule has 8 nitrogen and oxygen atoms in total. The first-order chi connectivity index (χ1) is 16.8. The molecule has 1 fully saturated rings. The lowest BCUT2D eigenvalue weighted by atomic mass is 9.99. The molecule has 3 heterocycles. The number of hydrogen-bond acceptors (Lipinski definition) is 8. The van der Waals surface area contributed by atoms with Crippen LogP contribution in [0.2, 0.25) is 0 Å². The second-order valence-electron chi connectivity index (χ2n) is 8.62. The molecular weight excluding hydrogens is 484 g/mol. The fourth-order valence-electron chi connectivity index (χ4n) is 4.44. The Kier molecular flexibility index (Phi) is 9.36. The molecule has 35 heavy (non-hydrogen) atoms. The van der Waals surface area contributed by atoms with Gasteiger partial charge < -0.3 is 10.0 Å². The van der Waals surface area contributed by atoms with Gasteiger partial charge in [-0.3, -0.25) is 9.69 Å². The van der Waals surface area contributed by atoms with E-state index in [9.17, 15) is 8.42 Å². The predicted octanol–water partition coefficient (Wildman–Crippen LogP) is 4.18. The average Bonchev–Trinajstić information content (AvgIpc) is 3.36. The highest BCUT2D eigenvalue weighted by atomic mass is 32.2. The summed E-state index contributed by atoms with van der Waals surface area (Å²) in [5.74, 6) is -0.115. The van der Waals surface area contributed by atoms with E-state index in [0.29, 0.717) is 17.8 Å². The number of benzene rings is 1. The number of aryl methyl sites for hydroxylation is 1. The number of rotatable bonds is 7. The van der Waals surface area contributed by atoms with Crippen molar-refractivity contribution in [2.75, 3.05) is 25.0 Å². The quantitative estimate of drug-likeness (QED) is 0.467. The van der Waals surface area contributed by atoms with Crippen LogP contribution in [0.1, 0.15) is 42.6 Å². The second-order valence-corrected chi connectivity index (χ2v) is 11.3. The number of carboxylic acid groups (broad SMARTS) is 1. The summed E-state index contributed by atoms with van der Waals surface area (Å²) in [4.78, 5) is 21.6. The zero-order valence-corrected chi connectivity index (χ0v) is 21.9. The third kappa shape index (κ3) is 6.87. The van der Waals surface area contributed by atoms with E-state index in [-0.39, 0.29) is 17.3 Å². The molecule has 188 valence electrons. The van der Waals surface area contributed by atoms with E-state index >= 15 is 0 Å². The molecule has 1 aromatic carbocycles. The molecule has 10 heteroatoms. The fourth-order valence-corrected chi connectivity index (χ4v) is 6.37. The number of nitrogens with zero attached hydrogens (tertiary/aromatic N) is 4. The van der Waals surface area contributed by atoms with Gasteiger partial charge in [0.15, 0.2) is 5.03 Å². The molecule has 3 aromatic rings. The van der Waals surface area contributed by atoms with Crippen molar-refractivity contribution in [1.82, 2.24) is 14.9 Å². The largest absolute Gasteiger partial charge is 0.483 e. The lowest BCUT2D eigenvalue weighted by molar-refractivity contribution is -0.122. The molecule has 1 atom stereocenters. The van der Waals surface area contributed by atoms with E-state index in [1.54, 1.807) is 23.2 Å². The van der Waals surface area contributed by atoms with Crippen LogP contribution in [0, 0.1) is 6.92 Å². The van der Waals surface area contributed by atoms with Crippen molar-refractivity contribution in [2.24, 2.45) is 0 Å². The van der Waals surface area contributed by atoms with Gasteiger partial charge in [0.2, 0.25) is 9.84 Å². The Hall–Kier alpha value is -2.82. The third-order valence-corrected chi connectivity index (χ3v) is 8.63. The minimum absolute atomic E-state index is 0.115. The van der Waals surface area contributed by atoms with Gasteiger partial charge in [0.05, 0.1) is 28.8 Å². The first kappa shape index (κ1) is 26.8. The number of likely N-dealkylation sites (tertiary alicyclic amines) is 1. The van der Waals surface area contributed by atoms with Crippen LogP contribution in [-0.4, -0.2) is 61.0 Å². The van der Waals surface area contributed by atoms with Crippen molar-refractivity contribution >= 4 is 33.3 Å². The van der Waals surface area contributed by atoms with Crippen LogP contribution in [0.5, 0.6) is 0 Å². The Labute approximate surface area is 211 Å². The number of pyridine rings is 1. The molecule has 0 spiro atoms. The SMILES string of the molecule is Cc1cc(S(=O)(=O)Cc2cscn2)ncc1N(C)C1CCN([C@H](C)c2ccccc2)CC1.O=CO. The average molecular weight is 517 g/mol. The highest BCUT2D eigenvalue weighted by molar-refractivity contribution is 7.90. The number of hydrogen-bond donors (Lipinski definition) is 1. The van der Waals surface area contributed by atoms with Gasteiger partial charge in [-0.05, 0) is 43.9 Å². The topological polar surface area (TPSA) is 104 Å². The van der Waals surface area contributed by atoms with Gasteiger partial charge in [-0.1, -0.05) is 30.3 Å². The van der Waals surface area contributed by atoms with Crippen molar-refractivity contribution < 1.29 is 18.3 Å². The van der Waals surface area contributed by atoms with Crippen LogP contribution in [0.3, 0.4) is 0 Å². The second kappa shape index (κ2) is 12.2. The molecule has 0 aliphatic carbocycles. The maximum Gasteiger partial charge on any atom is 0.290 e. The van der Waals surface area contributed by atoms with Crippen LogP contribution >= 0.6 is 11.3 Å². The molecule has 1 aliphatic rings. The summed E-state index contributed by atoms with van der Waals surface area (Å²) in [5.41, 5.74) is 5.49. The van der Waals surface area contributed by atoms with Crippen molar-refractivity contribution in [3.05, 3.63) is 70.3 Å². The third-order valence-electron chi connectivity index (χ3n) is 6.45. The maximum atomic E-state index is 12.7. The van der Waals surface area contributed by atoms with Crippen LogP contribution < -0.4 is 4.90 Å². The van der Waals surface area contributed by atoms with E-state index < -0.39 is 9.84 Å². The molecule has 1 N–H and O–H groups in total. The Balaban J connectivity index is 0.00000108. The molecule has 0 bridgehead atoms. The standard InChI is InChI=1S/C24H30N4O2S2.CH2O2/c1-18-13-24(32(29,30)16-21-15-31-17-26-21)25-14-23(18)27(3)22-9-11-28(12-10-22)19(2)20-7-5-4-6-8-20;2-1-3/h4-8,13-15,17,19,22H,9-12,16H2,1-3H3;1H,(H,2,3)/t19-;/m1./s1. The molecule has 0 unspecified atom stereocenters. The predicted molar refractivity (Wildman–Crippen MR) is 139 cm³/mol. The van der Waals surface area contributed by atoms with Crippen LogP contribution in [0.25, 0.3) is 0 Å². The monoisotopic (exact) mass is 516 g/mol. The van der Waals surface area contributed by atoms with E-state index in [1.807, 2.05) is 6.92 Å². The fraction of sp³-hybridized carbons (Fsp3) is 0.400. The molecule has 0 amide bonds. The Bertz CT molecular complexity index is 1180. The molecule has 0 saturated carbocycles. The molecule has 0 radical (unpaired) electrons. The van der Waals surface area contributed by atoms with Gasteiger partial charge in [-0.25, -0.2) is 18.4 Å². The first-order valence-corrected chi connectivity index (χ1v) is 14.0. The summed E-state index contributed by atoms with van der Waals surface area (Å²) in [6, 6.07) is 13.2. The minimum Gasteiger partial charge on any atom is -0.483 e. The first-order valence-electron chi connectivity index (χ1n) is 11.4. The van der Waals surface area contributed by atoms with Crippen molar-refractivity contribution in [3.8, 4) is 0 Å². The lowest BCUT2D eigenvalue weighted by Crippen LogP contribution is -2.44. The number of piperidine rings is 1. The summed E-state index contributed by atoms with van der Waals surface area (Å²) in [6.07, 6.45) is 3.84. The number of aromatic nitrogens is 2. The van der Waals surface area contributed by atoms with Crippen molar-refractivity contribution in [3.63, 3.8) is 0 Å². The summed E-state index contributed by atoms with van der Waals surface area (Å²) < 4.78 is 25.5. The molecule has 1 saturated heterocycles. The van der Waals surface area contributed by atoms with E-state index in [0.717, 1.165) is 37.2 Å². The highest BCUT2D eigenvalue weighted by Gasteiger charge is 2.27. The molecule has 1 aliphatic heterocycles. The summed E-state index contributed by atoms with van der Waals surface area (Å²) >= 11 is 1.40. The lowest BCUT2D eigenvalue weighted by Gasteiger charge is -2.40. The van der Waals surface area contributed by atoms with Gasteiger partial charge in [-0.2, -0.15) is 0 Å². The summed E-state index contributed by atoms with van der Waals surface area (Å²) in [6.45, 7) is 6.06. The van der Waals surface area contributed by atoms with Crippen LogP contribution in [-0.2, 0) is 20.4 Å². The normalized spacial score (nSPS) is 15.6.